The molecule has 0 aliphatic carbocycles. The van der Waals surface area contributed by atoms with E-state index in [-0.39, 0.29) is 11.7 Å². The molecule has 0 radical (unpaired) electrons. The molecule has 0 fully saturated rings. The molecule has 0 saturated carbocycles. The molecule has 0 spiro atoms. The smallest absolute Gasteiger partial charge is 0.296 e. The van der Waals surface area contributed by atoms with Gasteiger partial charge in [0, 0.05) is 17.2 Å². The summed E-state index contributed by atoms with van der Waals surface area (Å²) >= 11 is 6.15. The van der Waals surface area contributed by atoms with E-state index in [2.05, 4.69) is 15.3 Å². The van der Waals surface area contributed by atoms with Gasteiger partial charge in [0.25, 0.3) is 5.89 Å². The fourth-order valence-corrected chi connectivity index (χ4v) is 2.44. The van der Waals surface area contributed by atoms with Crippen LogP contribution >= 0.6 is 11.6 Å². The quantitative estimate of drug-likeness (QED) is 0.533. The molecular weight excluding hydrogens is 333 g/mol. The summed E-state index contributed by atoms with van der Waals surface area (Å²) in [6.07, 6.45) is 0. The molecule has 118 valence electrons. The average Bonchev–Trinajstić information content (AvgIpc) is 3.25. The van der Waals surface area contributed by atoms with E-state index in [1.807, 2.05) is 18.2 Å². The summed E-state index contributed by atoms with van der Waals surface area (Å²) in [6.45, 7) is 0. The van der Waals surface area contributed by atoms with Crippen LogP contribution in [0.3, 0.4) is 0 Å². The minimum Gasteiger partial charge on any atom is -0.350 e. The summed E-state index contributed by atoms with van der Waals surface area (Å²) in [5.74, 6) is 0.508. The first kappa shape index (κ1) is 14.6. The maximum absolute atomic E-state index is 13.0. The zero-order chi connectivity index (χ0) is 16.5. The third-order valence-electron chi connectivity index (χ3n) is 3.40. The second-order valence-electron chi connectivity index (χ2n) is 4.99. The Morgan fingerprint density at radius 3 is 2.50 bits per heavy atom. The highest BCUT2D eigenvalue weighted by atomic mass is 35.5. The van der Waals surface area contributed by atoms with Crippen LogP contribution in [-0.2, 0) is 0 Å². The molecule has 0 aliphatic heterocycles. The third-order valence-corrected chi connectivity index (χ3v) is 3.73. The highest BCUT2D eigenvalue weighted by molar-refractivity contribution is 6.33. The van der Waals surface area contributed by atoms with Gasteiger partial charge in [-0.15, -0.1) is 0 Å². The van der Waals surface area contributed by atoms with E-state index in [1.54, 1.807) is 24.3 Å². The van der Waals surface area contributed by atoms with Crippen LogP contribution in [0.1, 0.15) is 0 Å². The Labute approximate surface area is 140 Å². The normalized spacial score (nSPS) is 10.9. The second kappa shape index (κ2) is 5.90. The number of halogens is 2. The molecule has 2 aromatic carbocycles. The van der Waals surface area contributed by atoms with Gasteiger partial charge in [0.15, 0.2) is 0 Å². The SMILES string of the molecule is Fc1ccc(-c2noc(-c3cc(-c4ccccc4Cl)no3)n2)cc1. The van der Waals surface area contributed by atoms with Crippen LogP contribution in [-0.4, -0.2) is 15.3 Å². The molecule has 0 unspecified atom stereocenters. The Morgan fingerprint density at radius 1 is 0.917 bits per heavy atom. The van der Waals surface area contributed by atoms with Gasteiger partial charge in [0.05, 0.1) is 5.02 Å². The van der Waals surface area contributed by atoms with Crippen molar-refractivity contribution in [3.8, 4) is 34.3 Å². The number of aromatic nitrogens is 3. The molecular formula is C17H9ClFN3O2. The van der Waals surface area contributed by atoms with E-state index < -0.39 is 0 Å². The van der Waals surface area contributed by atoms with Gasteiger partial charge in [-0.2, -0.15) is 4.98 Å². The number of hydrogen-bond acceptors (Lipinski definition) is 5. The van der Waals surface area contributed by atoms with Crippen LogP contribution in [0.15, 0.2) is 63.6 Å². The molecule has 0 aliphatic rings. The van der Waals surface area contributed by atoms with Crippen LogP contribution < -0.4 is 0 Å². The van der Waals surface area contributed by atoms with Crippen molar-refractivity contribution < 1.29 is 13.4 Å². The number of rotatable bonds is 3. The standard InChI is InChI=1S/C17H9ClFN3O2/c18-13-4-2-1-3-12(13)14-9-15(23-21-14)17-20-16(22-24-17)10-5-7-11(19)8-6-10/h1-9H. The van der Waals surface area contributed by atoms with Crippen molar-refractivity contribution in [2.45, 2.75) is 0 Å². The Bertz CT molecular complexity index is 995. The largest absolute Gasteiger partial charge is 0.350 e. The summed E-state index contributed by atoms with van der Waals surface area (Å²) < 4.78 is 23.4. The van der Waals surface area contributed by atoms with Crippen molar-refractivity contribution in [1.29, 1.82) is 0 Å². The molecule has 4 rings (SSSR count). The predicted octanol–water partition coefficient (Wildman–Crippen LogP) is 4.85. The summed E-state index contributed by atoms with van der Waals surface area (Å²) in [6, 6.07) is 14.8. The Balaban J connectivity index is 1.66. The highest BCUT2D eigenvalue weighted by Gasteiger charge is 2.17. The molecule has 0 amide bonds. The van der Waals surface area contributed by atoms with Gasteiger partial charge >= 0.3 is 0 Å². The molecule has 0 bridgehead atoms. The number of hydrogen-bond donors (Lipinski definition) is 0. The van der Waals surface area contributed by atoms with E-state index in [0.717, 1.165) is 5.56 Å². The molecule has 0 atom stereocenters. The summed E-state index contributed by atoms with van der Waals surface area (Å²) in [4.78, 5) is 4.24. The maximum Gasteiger partial charge on any atom is 0.296 e. The van der Waals surface area contributed by atoms with Crippen molar-refractivity contribution in [2.75, 3.05) is 0 Å². The molecule has 24 heavy (non-hydrogen) atoms. The van der Waals surface area contributed by atoms with Crippen LogP contribution in [0.2, 0.25) is 5.02 Å². The van der Waals surface area contributed by atoms with E-state index in [4.69, 9.17) is 20.6 Å². The van der Waals surface area contributed by atoms with E-state index in [0.29, 0.717) is 27.9 Å². The lowest BCUT2D eigenvalue weighted by Crippen LogP contribution is -1.81. The molecule has 0 N–H and O–H groups in total. The first-order chi connectivity index (χ1) is 11.7. The van der Waals surface area contributed by atoms with Gasteiger partial charge in [-0.05, 0) is 30.3 Å². The van der Waals surface area contributed by atoms with Crippen LogP contribution in [0.25, 0.3) is 34.3 Å². The monoisotopic (exact) mass is 341 g/mol. The molecule has 4 aromatic rings. The van der Waals surface area contributed by atoms with Crippen molar-refractivity contribution in [3.05, 3.63) is 65.4 Å². The van der Waals surface area contributed by atoms with Crippen LogP contribution in [0.4, 0.5) is 4.39 Å². The summed E-state index contributed by atoms with van der Waals surface area (Å²) in [5, 5.41) is 8.41. The van der Waals surface area contributed by atoms with E-state index in [9.17, 15) is 4.39 Å². The van der Waals surface area contributed by atoms with Crippen molar-refractivity contribution in [1.82, 2.24) is 15.3 Å². The Morgan fingerprint density at radius 2 is 1.71 bits per heavy atom. The zero-order valence-electron chi connectivity index (χ0n) is 12.1. The van der Waals surface area contributed by atoms with Gasteiger partial charge in [0.2, 0.25) is 11.6 Å². The van der Waals surface area contributed by atoms with E-state index >= 15 is 0 Å². The van der Waals surface area contributed by atoms with Gasteiger partial charge in [0.1, 0.15) is 11.5 Å². The lowest BCUT2D eigenvalue weighted by atomic mass is 10.1. The average molecular weight is 342 g/mol. The van der Waals surface area contributed by atoms with Gasteiger partial charge in [-0.25, -0.2) is 4.39 Å². The van der Waals surface area contributed by atoms with Crippen molar-refractivity contribution in [2.24, 2.45) is 0 Å². The third kappa shape index (κ3) is 2.68. The predicted molar refractivity (Wildman–Crippen MR) is 85.6 cm³/mol. The van der Waals surface area contributed by atoms with E-state index in [1.165, 1.54) is 12.1 Å². The first-order valence-corrected chi connectivity index (χ1v) is 7.40. The highest BCUT2D eigenvalue weighted by Crippen LogP contribution is 2.30. The fraction of sp³-hybridized carbons (Fsp3) is 0. The fourth-order valence-electron chi connectivity index (χ4n) is 2.21. The molecule has 2 heterocycles. The van der Waals surface area contributed by atoms with Gasteiger partial charge < -0.3 is 9.05 Å². The summed E-state index contributed by atoms with van der Waals surface area (Å²) in [7, 11) is 0. The zero-order valence-corrected chi connectivity index (χ0v) is 12.9. The van der Waals surface area contributed by atoms with Crippen LogP contribution in [0, 0.1) is 5.82 Å². The first-order valence-electron chi connectivity index (χ1n) is 7.02. The topological polar surface area (TPSA) is 65.0 Å². The Kier molecular flexibility index (Phi) is 3.59. The Hall–Kier alpha value is -2.99. The lowest BCUT2D eigenvalue weighted by molar-refractivity contribution is 0.386. The second-order valence-corrected chi connectivity index (χ2v) is 5.39. The number of benzene rings is 2. The molecule has 5 nitrogen and oxygen atoms in total. The maximum atomic E-state index is 13.0. The van der Waals surface area contributed by atoms with Gasteiger partial charge in [-0.1, -0.05) is 40.1 Å². The van der Waals surface area contributed by atoms with Crippen LogP contribution in [0.5, 0.6) is 0 Å². The lowest BCUT2D eigenvalue weighted by Gasteiger charge is -1.96. The van der Waals surface area contributed by atoms with Gasteiger partial charge in [-0.3, -0.25) is 0 Å². The van der Waals surface area contributed by atoms with Crippen molar-refractivity contribution >= 4 is 11.6 Å². The minimum atomic E-state index is -0.331. The number of nitrogens with zero attached hydrogens (tertiary/aromatic N) is 3. The molecule has 0 saturated heterocycles. The molecule has 2 aromatic heterocycles. The molecule has 7 heteroatoms. The van der Waals surface area contributed by atoms with Crippen molar-refractivity contribution in [3.63, 3.8) is 0 Å². The minimum absolute atomic E-state index is 0.181. The summed E-state index contributed by atoms with van der Waals surface area (Å²) in [5.41, 5.74) is 1.95.